The molecule has 2 heterocycles. The number of nitrogens with one attached hydrogen (secondary N) is 1. The number of hydrogen-bond acceptors (Lipinski definition) is 13. The Labute approximate surface area is 367 Å². The van der Waals surface area contributed by atoms with Crippen molar-refractivity contribution in [3.05, 3.63) is 12.2 Å². The Morgan fingerprint density at radius 1 is 0.574 bits per heavy atom. The predicted molar refractivity (Wildman–Crippen MR) is 235 cm³/mol. The van der Waals surface area contributed by atoms with Crippen LogP contribution in [0.5, 0.6) is 0 Å². The number of carbonyl (C=O) groups is 1. The van der Waals surface area contributed by atoms with Gasteiger partial charge in [0.1, 0.15) is 48.8 Å². The first-order valence-corrected chi connectivity index (χ1v) is 24.4. The first-order valence-electron chi connectivity index (χ1n) is 24.4. The van der Waals surface area contributed by atoms with E-state index in [2.05, 4.69) is 19.2 Å². The predicted octanol–water partition coefficient (Wildman–Crippen LogP) is 5.60. The molecule has 14 heteroatoms. The van der Waals surface area contributed by atoms with Gasteiger partial charge < -0.3 is 65.1 Å². The molecule has 2 rings (SSSR count). The highest BCUT2D eigenvalue weighted by atomic mass is 16.7. The molecule has 12 atom stereocenters. The zero-order chi connectivity index (χ0) is 44.7. The van der Waals surface area contributed by atoms with E-state index in [4.69, 9.17) is 18.9 Å². The lowest BCUT2D eigenvalue weighted by atomic mass is 9.97. The van der Waals surface area contributed by atoms with Crippen molar-refractivity contribution >= 4 is 5.91 Å². The maximum absolute atomic E-state index is 13.1. The summed E-state index contributed by atoms with van der Waals surface area (Å²) in [6, 6.07) is -0.906. The van der Waals surface area contributed by atoms with Gasteiger partial charge in [-0.1, -0.05) is 174 Å². The van der Waals surface area contributed by atoms with Crippen LogP contribution in [0.3, 0.4) is 0 Å². The van der Waals surface area contributed by atoms with Crippen LogP contribution in [0, 0.1) is 0 Å². The van der Waals surface area contributed by atoms with E-state index in [1.54, 1.807) is 6.08 Å². The van der Waals surface area contributed by atoms with Gasteiger partial charge in [0.25, 0.3) is 0 Å². The van der Waals surface area contributed by atoms with Crippen molar-refractivity contribution in [2.24, 2.45) is 0 Å². The maximum Gasteiger partial charge on any atom is 0.220 e. The van der Waals surface area contributed by atoms with Gasteiger partial charge in [-0.05, 0) is 19.3 Å². The molecule has 2 aliphatic rings. The van der Waals surface area contributed by atoms with Gasteiger partial charge in [-0.3, -0.25) is 4.79 Å². The second-order valence-electron chi connectivity index (χ2n) is 17.6. The average molecular weight is 876 g/mol. The van der Waals surface area contributed by atoms with Gasteiger partial charge in [0, 0.05) is 6.42 Å². The highest BCUT2D eigenvalue weighted by Crippen LogP contribution is 2.30. The smallest absolute Gasteiger partial charge is 0.220 e. The summed E-state index contributed by atoms with van der Waals surface area (Å²) >= 11 is 0. The van der Waals surface area contributed by atoms with Crippen molar-refractivity contribution in [1.82, 2.24) is 5.32 Å². The SMILES string of the molecule is CCCCCCCCCCCC/C=C/C(O)C(COC1OC(CO)C(OC2OC(CO)C(O)C(O)C2O)C(O)C1O)NC(=O)CCCCCCCCCCCCCCCCC. The summed E-state index contributed by atoms with van der Waals surface area (Å²) in [5.41, 5.74) is 0. The van der Waals surface area contributed by atoms with E-state index in [0.29, 0.717) is 6.42 Å². The standard InChI is InChI=1S/C47H89NO13/c1-3-5-7-9-11-13-15-17-18-19-21-23-25-27-29-31-39(52)48-35(36(51)30-28-26-24-22-20-16-14-12-10-8-6-4-2)34-58-46-44(57)42(55)45(38(33-50)60-46)61-47-43(56)41(54)40(53)37(32-49)59-47/h28,30,35-38,40-47,49-51,53-57H,3-27,29,31-34H2,1-2H3,(H,48,52)/b30-28+. The van der Waals surface area contributed by atoms with E-state index in [9.17, 15) is 45.6 Å². The summed E-state index contributed by atoms with van der Waals surface area (Å²) in [4.78, 5) is 13.1. The van der Waals surface area contributed by atoms with Crippen molar-refractivity contribution in [3.63, 3.8) is 0 Å². The van der Waals surface area contributed by atoms with Crippen LogP contribution in [0.2, 0.25) is 0 Å². The van der Waals surface area contributed by atoms with Gasteiger partial charge in [-0.15, -0.1) is 0 Å². The number of aliphatic hydroxyl groups excluding tert-OH is 8. The molecule has 0 aliphatic carbocycles. The van der Waals surface area contributed by atoms with Crippen LogP contribution in [-0.2, 0) is 23.7 Å². The molecule has 0 aromatic carbocycles. The van der Waals surface area contributed by atoms with Crippen LogP contribution in [0.25, 0.3) is 0 Å². The number of unbranched alkanes of at least 4 members (excludes halogenated alkanes) is 24. The second-order valence-corrected chi connectivity index (χ2v) is 17.6. The Morgan fingerprint density at radius 2 is 1.02 bits per heavy atom. The third kappa shape index (κ3) is 23.0. The molecule has 14 nitrogen and oxygen atoms in total. The minimum Gasteiger partial charge on any atom is -0.394 e. The Hall–Kier alpha value is -1.27. The van der Waals surface area contributed by atoms with Crippen LogP contribution >= 0.6 is 0 Å². The first-order chi connectivity index (χ1) is 29.6. The molecule has 0 aromatic heterocycles. The lowest BCUT2D eigenvalue weighted by Gasteiger charge is -2.46. The minimum absolute atomic E-state index is 0.239. The molecule has 2 fully saturated rings. The molecule has 0 aromatic rings. The lowest BCUT2D eigenvalue weighted by Crippen LogP contribution is -2.65. The van der Waals surface area contributed by atoms with Crippen LogP contribution in [0.4, 0.5) is 0 Å². The molecule has 2 aliphatic heterocycles. The lowest BCUT2D eigenvalue weighted by molar-refractivity contribution is -0.359. The summed E-state index contributed by atoms with van der Waals surface area (Å²) in [6.45, 7) is 2.77. The highest BCUT2D eigenvalue weighted by molar-refractivity contribution is 5.76. The van der Waals surface area contributed by atoms with Crippen LogP contribution in [0.1, 0.15) is 187 Å². The summed E-state index contributed by atoms with van der Waals surface area (Å²) in [5, 5.41) is 86.5. The number of hydrogen-bond donors (Lipinski definition) is 9. The minimum atomic E-state index is -1.78. The van der Waals surface area contributed by atoms with Gasteiger partial charge in [-0.25, -0.2) is 0 Å². The van der Waals surface area contributed by atoms with Gasteiger partial charge in [0.2, 0.25) is 5.91 Å². The van der Waals surface area contributed by atoms with E-state index in [0.717, 1.165) is 38.5 Å². The fourth-order valence-electron chi connectivity index (χ4n) is 8.17. The number of amides is 1. The Kier molecular flexibility index (Phi) is 32.1. The normalized spacial score (nSPS) is 28.0. The number of rotatable bonds is 37. The van der Waals surface area contributed by atoms with E-state index in [1.165, 1.54) is 122 Å². The maximum atomic E-state index is 13.1. The topological polar surface area (TPSA) is 228 Å². The summed E-state index contributed by atoms with van der Waals surface area (Å²) < 4.78 is 22.6. The molecular formula is C47H89NO13. The molecule has 1 amide bonds. The summed E-state index contributed by atoms with van der Waals surface area (Å²) in [7, 11) is 0. The molecule has 9 N–H and O–H groups in total. The monoisotopic (exact) mass is 876 g/mol. The summed E-state index contributed by atoms with van der Waals surface area (Å²) in [6.07, 6.45) is 18.2. The van der Waals surface area contributed by atoms with Gasteiger partial charge in [-0.2, -0.15) is 0 Å². The molecule has 0 radical (unpaired) electrons. The molecular weight excluding hydrogens is 787 g/mol. The molecule has 0 spiro atoms. The van der Waals surface area contributed by atoms with Crippen molar-refractivity contribution in [3.8, 4) is 0 Å². The third-order valence-corrected chi connectivity index (χ3v) is 12.2. The first kappa shape index (κ1) is 55.9. The quantitative estimate of drug-likeness (QED) is 0.0274. The Balaban J connectivity index is 1.87. The van der Waals surface area contributed by atoms with Crippen molar-refractivity contribution in [2.75, 3.05) is 19.8 Å². The highest BCUT2D eigenvalue weighted by Gasteiger charge is 2.51. The third-order valence-electron chi connectivity index (χ3n) is 12.2. The molecule has 61 heavy (non-hydrogen) atoms. The fraction of sp³-hybridized carbons (Fsp3) is 0.936. The summed E-state index contributed by atoms with van der Waals surface area (Å²) in [5.74, 6) is -0.239. The number of ether oxygens (including phenoxy) is 4. The average Bonchev–Trinajstić information content (AvgIpc) is 3.26. The van der Waals surface area contributed by atoms with Crippen LogP contribution in [-0.4, -0.2) is 140 Å². The number of carbonyl (C=O) groups excluding carboxylic acids is 1. The molecule has 12 unspecified atom stereocenters. The zero-order valence-corrected chi connectivity index (χ0v) is 37.9. The fourth-order valence-corrected chi connectivity index (χ4v) is 8.17. The molecule has 2 saturated heterocycles. The van der Waals surface area contributed by atoms with E-state index < -0.39 is 86.8 Å². The number of aliphatic hydroxyl groups is 8. The molecule has 0 saturated carbocycles. The van der Waals surface area contributed by atoms with Crippen LogP contribution in [0.15, 0.2) is 12.2 Å². The van der Waals surface area contributed by atoms with Gasteiger partial charge in [0.15, 0.2) is 12.6 Å². The molecule has 0 bridgehead atoms. The zero-order valence-electron chi connectivity index (χ0n) is 37.9. The van der Waals surface area contributed by atoms with Gasteiger partial charge >= 0.3 is 0 Å². The van der Waals surface area contributed by atoms with Crippen molar-refractivity contribution in [1.29, 1.82) is 0 Å². The largest absolute Gasteiger partial charge is 0.394 e. The van der Waals surface area contributed by atoms with Crippen molar-refractivity contribution < 1.29 is 64.6 Å². The van der Waals surface area contributed by atoms with E-state index in [1.807, 2.05) is 6.08 Å². The van der Waals surface area contributed by atoms with Gasteiger partial charge in [0.05, 0.1) is 32.0 Å². The molecule has 360 valence electrons. The van der Waals surface area contributed by atoms with E-state index in [-0.39, 0.29) is 18.9 Å². The van der Waals surface area contributed by atoms with E-state index >= 15 is 0 Å². The van der Waals surface area contributed by atoms with Crippen molar-refractivity contribution in [2.45, 2.75) is 261 Å². The van der Waals surface area contributed by atoms with Crippen LogP contribution < -0.4 is 5.32 Å². The Morgan fingerprint density at radius 3 is 1.51 bits per heavy atom. The Bertz CT molecular complexity index is 1080. The second kappa shape index (κ2) is 35.0. The number of allylic oxidation sites excluding steroid dienone is 1.